The lowest BCUT2D eigenvalue weighted by Crippen LogP contribution is -2.42. The summed E-state index contributed by atoms with van der Waals surface area (Å²) in [5.41, 5.74) is 0. The van der Waals surface area contributed by atoms with Gasteiger partial charge in [-0.15, -0.1) is 0 Å². The molecule has 2 aliphatic rings. The van der Waals surface area contributed by atoms with E-state index in [0.717, 1.165) is 25.7 Å². The normalized spacial score (nSPS) is 28.9. The minimum Gasteiger partial charge on any atom is -0.365 e. The van der Waals surface area contributed by atoms with Gasteiger partial charge in [-0.05, 0) is 32.6 Å². The van der Waals surface area contributed by atoms with Crippen LogP contribution >= 0.6 is 0 Å². The van der Waals surface area contributed by atoms with Crippen molar-refractivity contribution in [2.75, 3.05) is 0 Å². The molecule has 0 saturated heterocycles. The molecule has 0 aromatic rings. The van der Waals surface area contributed by atoms with Gasteiger partial charge in [-0.1, -0.05) is 38.5 Å². The van der Waals surface area contributed by atoms with Gasteiger partial charge in [-0.2, -0.15) is 0 Å². The molecule has 0 bridgehead atoms. The topological polar surface area (TPSA) is 29.5 Å². The Bertz CT molecular complexity index is 201. The fourth-order valence-electron chi connectivity index (χ4n) is 3.25. The monoisotopic (exact) mass is 226 g/mol. The Morgan fingerprint density at radius 3 is 1.94 bits per heavy atom. The van der Waals surface area contributed by atoms with Gasteiger partial charge in [0.1, 0.15) is 0 Å². The molecule has 0 aromatic carbocycles. The standard InChI is InChI=1S/C14H26O2/c1-14(15,12-8-4-2-5-9-12)16-13-10-6-3-7-11-13/h12-13,15H,2-11H2,1H3. The van der Waals surface area contributed by atoms with E-state index in [-0.39, 0.29) is 0 Å². The average molecular weight is 226 g/mol. The Balaban J connectivity index is 1.84. The van der Waals surface area contributed by atoms with Gasteiger partial charge in [0.25, 0.3) is 0 Å². The van der Waals surface area contributed by atoms with E-state index in [9.17, 15) is 5.11 Å². The van der Waals surface area contributed by atoms with E-state index in [4.69, 9.17) is 4.74 Å². The molecule has 2 aliphatic carbocycles. The predicted molar refractivity (Wildman–Crippen MR) is 65.2 cm³/mol. The number of aliphatic hydroxyl groups is 1. The zero-order chi connectivity index (χ0) is 11.4. The van der Waals surface area contributed by atoms with Crippen LogP contribution in [0.5, 0.6) is 0 Å². The first-order chi connectivity index (χ1) is 7.68. The molecule has 0 heterocycles. The highest BCUT2D eigenvalue weighted by Crippen LogP contribution is 2.35. The van der Waals surface area contributed by atoms with Crippen LogP contribution in [0.25, 0.3) is 0 Å². The fourth-order valence-corrected chi connectivity index (χ4v) is 3.25. The highest BCUT2D eigenvalue weighted by atomic mass is 16.6. The SMILES string of the molecule is CC(O)(OC1CCCCC1)C1CCCCC1. The Morgan fingerprint density at radius 1 is 0.875 bits per heavy atom. The molecule has 0 spiro atoms. The zero-order valence-corrected chi connectivity index (χ0v) is 10.6. The summed E-state index contributed by atoms with van der Waals surface area (Å²) >= 11 is 0. The minimum absolute atomic E-state index is 0.311. The number of rotatable bonds is 3. The first-order valence-corrected chi connectivity index (χ1v) is 7.09. The Morgan fingerprint density at radius 2 is 1.38 bits per heavy atom. The van der Waals surface area contributed by atoms with E-state index in [0.29, 0.717) is 12.0 Å². The van der Waals surface area contributed by atoms with Crippen molar-refractivity contribution in [1.29, 1.82) is 0 Å². The van der Waals surface area contributed by atoms with Crippen molar-refractivity contribution in [3.05, 3.63) is 0 Å². The Labute approximate surface area is 99.4 Å². The van der Waals surface area contributed by atoms with Crippen LogP contribution in [0.1, 0.15) is 71.1 Å². The van der Waals surface area contributed by atoms with Gasteiger partial charge in [0.2, 0.25) is 0 Å². The van der Waals surface area contributed by atoms with Gasteiger partial charge in [0, 0.05) is 5.92 Å². The molecule has 1 atom stereocenters. The highest BCUT2D eigenvalue weighted by molar-refractivity contribution is 4.79. The van der Waals surface area contributed by atoms with Crippen molar-refractivity contribution in [3.8, 4) is 0 Å². The van der Waals surface area contributed by atoms with Crippen molar-refractivity contribution in [2.45, 2.75) is 83.0 Å². The van der Waals surface area contributed by atoms with Gasteiger partial charge in [-0.3, -0.25) is 0 Å². The molecule has 0 amide bonds. The second-order valence-electron chi connectivity index (χ2n) is 5.77. The predicted octanol–water partition coefficient (Wildman–Crippen LogP) is 3.62. The molecule has 16 heavy (non-hydrogen) atoms. The van der Waals surface area contributed by atoms with Gasteiger partial charge >= 0.3 is 0 Å². The molecule has 2 nitrogen and oxygen atoms in total. The average Bonchev–Trinajstić information content (AvgIpc) is 2.31. The van der Waals surface area contributed by atoms with Crippen LogP contribution in [0.15, 0.2) is 0 Å². The molecule has 2 fully saturated rings. The van der Waals surface area contributed by atoms with E-state index in [1.165, 1.54) is 38.5 Å². The number of ether oxygens (including phenoxy) is 1. The molecule has 1 N–H and O–H groups in total. The van der Waals surface area contributed by atoms with E-state index < -0.39 is 5.79 Å². The molecule has 94 valence electrons. The molecule has 0 aromatic heterocycles. The van der Waals surface area contributed by atoms with Gasteiger partial charge < -0.3 is 9.84 Å². The first-order valence-electron chi connectivity index (χ1n) is 7.09. The molecular formula is C14H26O2. The van der Waals surface area contributed by atoms with E-state index >= 15 is 0 Å². The van der Waals surface area contributed by atoms with Gasteiger partial charge in [-0.25, -0.2) is 0 Å². The first kappa shape index (κ1) is 12.4. The third-order valence-corrected chi connectivity index (χ3v) is 4.32. The van der Waals surface area contributed by atoms with E-state index in [1.807, 2.05) is 6.92 Å². The van der Waals surface area contributed by atoms with Gasteiger partial charge in [0.05, 0.1) is 6.10 Å². The summed E-state index contributed by atoms with van der Waals surface area (Å²) in [5, 5.41) is 10.5. The number of hydrogen-bond donors (Lipinski definition) is 1. The van der Waals surface area contributed by atoms with Crippen LogP contribution in [0.2, 0.25) is 0 Å². The quantitative estimate of drug-likeness (QED) is 0.745. The molecule has 0 radical (unpaired) electrons. The third kappa shape index (κ3) is 3.21. The van der Waals surface area contributed by atoms with E-state index in [1.54, 1.807) is 0 Å². The van der Waals surface area contributed by atoms with Crippen LogP contribution in [0.4, 0.5) is 0 Å². The van der Waals surface area contributed by atoms with Crippen LogP contribution in [-0.2, 0) is 4.74 Å². The summed E-state index contributed by atoms with van der Waals surface area (Å²) in [6.45, 7) is 1.89. The Kier molecular flexibility index (Phi) is 4.26. The lowest BCUT2D eigenvalue weighted by Gasteiger charge is -2.39. The molecule has 2 saturated carbocycles. The Hall–Kier alpha value is -0.0800. The summed E-state index contributed by atoms with van der Waals surface area (Å²) < 4.78 is 5.97. The summed E-state index contributed by atoms with van der Waals surface area (Å²) in [6, 6.07) is 0. The maximum atomic E-state index is 10.5. The van der Waals surface area contributed by atoms with Crippen molar-refractivity contribution in [3.63, 3.8) is 0 Å². The van der Waals surface area contributed by atoms with Gasteiger partial charge in [0.15, 0.2) is 5.79 Å². The van der Waals surface area contributed by atoms with E-state index in [2.05, 4.69) is 0 Å². The second-order valence-corrected chi connectivity index (χ2v) is 5.77. The highest BCUT2D eigenvalue weighted by Gasteiger charge is 2.36. The second kappa shape index (κ2) is 5.50. The fraction of sp³-hybridized carbons (Fsp3) is 1.00. The summed E-state index contributed by atoms with van der Waals surface area (Å²) in [4.78, 5) is 0. The largest absolute Gasteiger partial charge is 0.365 e. The summed E-state index contributed by atoms with van der Waals surface area (Å²) in [6.07, 6.45) is 12.6. The van der Waals surface area contributed by atoms with Crippen molar-refractivity contribution in [1.82, 2.24) is 0 Å². The summed E-state index contributed by atoms with van der Waals surface area (Å²) in [5.74, 6) is -0.509. The lowest BCUT2D eigenvalue weighted by molar-refractivity contribution is -0.257. The van der Waals surface area contributed by atoms with Crippen molar-refractivity contribution in [2.24, 2.45) is 5.92 Å². The molecule has 1 unspecified atom stereocenters. The molecular weight excluding hydrogens is 200 g/mol. The van der Waals surface area contributed by atoms with Crippen LogP contribution < -0.4 is 0 Å². The lowest BCUT2D eigenvalue weighted by atomic mass is 9.83. The smallest absolute Gasteiger partial charge is 0.165 e. The third-order valence-electron chi connectivity index (χ3n) is 4.32. The van der Waals surface area contributed by atoms with Crippen molar-refractivity contribution < 1.29 is 9.84 Å². The summed E-state index contributed by atoms with van der Waals surface area (Å²) in [7, 11) is 0. The maximum absolute atomic E-state index is 10.5. The molecule has 0 aliphatic heterocycles. The van der Waals surface area contributed by atoms with Crippen LogP contribution in [0.3, 0.4) is 0 Å². The zero-order valence-electron chi connectivity index (χ0n) is 10.6. The minimum atomic E-state index is -0.873. The van der Waals surface area contributed by atoms with Crippen LogP contribution in [0, 0.1) is 5.92 Å². The molecule has 2 rings (SSSR count). The van der Waals surface area contributed by atoms with Crippen molar-refractivity contribution >= 4 is 0 Å². The number of hydrogen-bond acceptors (Lipinski definition) is 2. The maximum Gasteiger partial charge on any atom is 0.165 e. The molecule has 2 heteroatoms. The van der Waals surface area contributed by atoms with Crippen LogP contribution in [-0.4, -0.2) is 17.0 Å².